The quantitative estimate of drug-likeness (QED) is 0.552. The van der Waals surface area contributed by atoms with Crippen LogP contribution in [0.2, 0.25) is 0 Å². The zero-order chi connectivity index (χ0) is 12.0. The molecule has 0 unspecified atom stereocenters. The lowest BCUT2D eigenvalue weighted by atomic mass is 10.1. The average Bonchev–Trinajstić information content (AvgIpc) is 2.27. The molecule has 0 bridgehead atoms. The van der Waals surface area contributed by atoms with Crippen LogP contribution in [0, 0.1) is 0 Å². The summed E-state index contributed by atoms with van der Waals surface area (Å²) in [7, 11) is 0. The van der Waals surface area contributed by atoms with E-state index in [1.54, 1.807) is 12.4 Å². The number of nitrogens with zero attached hydrogens (tertiary/aromatic N) is 1. The number of ether oxygens (including phenoxy) is 1. The van der Waals surface area contributed by atoms with Crippen molar-refractivity contribution in [2.45, 2.75) is 32.8 Å². The van der Waals surface area contributed by atoms with Gasteiger partial charge in [-0.3, -0.25) is 4.98 Å². The summed E-state index contributed by atoms with van der Waals surface area (Å²) in [6, 6.07) is 3.89. The van der Waals surface area contributed by atoms with Gasteiger partial charge < -0.3 is 4.74 Å². The summed E-state index contributed by atoms with van der Waals surface area (Å²) < 4.78 is 5.71. The molecule has 0 spiro atoms. The molecule has 1 aromatic rings. The van der Waals surface area contributed by atoms with Crippen LogP contribution in [0.3, 0.4) is 0 Å². The minimum absolute atomic E-state index is 0.156. The topological polar surface area (TPSA) is 22.1 Å². The lowest BCUT2D eigenvalue weighted by Gasteiger charge is -2.24. The Labute approximate surface area is 97.7 Å². The summed E-state index contributed by atoms with van der Waals surface area (Å²) >= 11 is 0. The predicted molar refractivity (Wildman–Crippen MR) is 67.9 cm³/mol. The first-order valence-corrected chi connectivity index (χ1v) is 5.49. The number of rotatable bonds is 5. The van der Waals surface area contributed by atoms with Crippen molar-refractivity contribution in [3.05, 3.63) is 48.5 Å². The van der Waals surface area contributed by atoms with Gasteiger partial charge in [0.25, 0.3) is 0 Å². The molecule has 0 saturated heterocycles. The van der Waals surface area contributed by atoms with Gasteiger partial charge in [-0.15, -0.1) is 0 Å². The minimum Gasteiger partial charge on any atom is -0.489 e. The van der Waals surface area contributed by atoms with Crippen molar-refractivity contribution in [1.82, 2.24) is 4.98 Å². The van der Waals surface area contributed by atoms with Gasteiger partial charge >= 0.3 is 0 Å². The fraction of sp³-hybridized carbons (Fsp3) is 0.357. The van der Waals surface area contributed by atoms with E-state index in [-0.39, 0.29) is 5.60 Å². The SMILES string of the molecule is C=C(/C=C/c1cccnc1)OC(C)(C)CC. The number of pyridine rings is 1. The zero-order valence-corrected chi connectivity index (χ0v) is 10.2. The van der Waals surface area contributed by atoms with Crippen LogP contribution in [0.15, 0.2) is 42.9 Å². The molecular formula is C14H19NO. The summed E-state index contributed by atoms with van der Waals surface area (Å²) in [5, 5.41) is 0. The normalized spacial score (nSPS) is 11.7. The largest absolute Gasteiger partial charge is 0.489 e. The highest BCUT2D eigenvalue weighted by molar-refractivity contribution is 5.50. The van der Waals surface area contributed by atoms with Crippen LogP contribution in [-0.2, 0) is 4.74 Å². The molecule has 0 N–H and O–H groups in total. The van der Waals surface area contributed by atoms with Crippen molar-refractivity contribution in [3.8, 4) is 0 Å². The maximum absolute atomic E-state index is 5.71. The van der Waals surface area contributed by atoms with Gasteiger partial charge in [0.15, 0.2) is 0 Å². The highest BCUT2D eigenvalue weighted by Gasteiger charge is 2.15. The molecule has 0 atom stereocenters. The van der Waals surface area contributed by atoms with Gasteiger partial charge in [0.05, 0.1) is 0 Å². The second-order valence-electron chi connectivity index (χ2n) is 4.30. The highest BCUT2D eigenvalue weighted by Crippen LogP contribution is 2.18. The molecule has 0 aromatic carbocycles. The standard InChI is InChI=1S/C14H19NO/c1-5-14(3,4)16-12(2)8-9-13-7-6-10-15-11-13/h6-11H,2,5H2,1,3-4H3/b9-8+. The average molecular weight is 217 g/mol. The molecule has 0 aliphatic rings. The summed E-state index contributed by atoms with van der Waals surface area (Å²) in [6.45, 7) is 10.1. The summed E-state index contributed by atoms with van der Waals surface area (Å²) in [4.78, 5) is 4.03. The third-order valence-corrected chi connectivity index (χ3v) is 2.40. The molecule has 1 rings (SSSR count). The van der Waals surface area contributed by atoms with E-state index in [0.29, 0.717) is 5.76 Å². The first-order valence-electron chi connectivity index (χ1n) is 5.49. The van der Waals surface area contributed by atoms with Gasteiger partial charge in [0.1, 0.15) is 11.4 Å². The molecular weight excluding hydrogens is 198 g/mol. The lowest BCUT2D eigenvalue weighted by Crippen LogP contribution is -2.21. The van der Waals surface area contributed by atoms with E-state index in [1.807, 2.05) is 24.3 Å². The van der Waals surface area contributed by atoms with Crippen molar-refractivity contribution in [2.75, 3.05) is 0 Å². The summed E-state index contributed by atoms with van der Waals surface area (Å²) in [5.41, 5.74) is 0.887. The monoisotopic (exact) mass is 217 g/mol. The number of hydrogen-bond acceptors (Lipinski definition) is 2. The van der Waals surface area contributed by atoms with Gasteiger partial charge in [-0.05, 0) is 44.1 Å². The van der Waals surface area contributed by atoms with Crippen LogP contribution in [-0.4, -0.2) is 10.6 Å². The summed E-state index contributed by atoms with van der Waals surface area (Å²) in [5.74, 6) is 0.677. The van der Waals surface area contributed by atoms with Gasteiger partial charge in [-0.2, -0.15) is 0 Å². The Balaban J connectivity index is 2.56. The maximum atomic E-state index is 5.71. The van der Waals surface area contributed by atoms with Gasteiger partial charge in [-0.25, -0.2) is 0 Å². The predicted octanol–water partition coefficient (Wildman–Crippen LogP) is 3.81. The molecule has 0 radical (unpaired) electrons. The Kier molecular flexibility index (Phi) is 4.29. The smallest absolute Gasteiger partial charge is 0.112 e. The molecule has 0 saturated carbocycles. The molecule has 2 nitrogen and oxygen atoms in total. The van der Waals surface area contributed by atoms with E-state index in [2.05, 4.69) is 32.3 Å². The molecule has 0 fully saturated rings. The molecule has 0 aliphatic carbocycles. The van der Waals surface area contributed by atoms with Crippen LogP contribution in [0.25, 0.3) is 6.08 Å². The second kappa shape index (κ2) is 5.50. The molecule has 86 valence electrons. The Morgan fingerprint density at radius 3 is 2.88 bits per heavy atom. The minimum atomic E-state index is -0.156. The molecule has 0 aliphatic heterocycles. The van der Waals surface area contributed by atoms with Crippen LogP contribution >= 0.6 is 0 Å². The first-order chi connectivity index (χ1) is 7.53. The van der Waals surface area contributed by atoms with Crippen molar-refractivity contribution in [3.63, 3.8) is 0 Å². The Morgan fingerprint density at radius 2 is 2.31 bits per heavy atom. The fourth-order valence-corrected chi connectivity index (χ4v) is 1.12. The Hall–Kier alpha value is -1.57. The van der Waals surface area contributed by atoms with Crippen LogP contribution in [0.4, 0.5) is 0 Å². The lowest BCUT2D eigenvalue weighted by molar-refractivity contribution is 0.0397. The zero-order valence-electron chi connectivity index (χ0n) is 10.2. The van der Waals surface area contributed by atoms with E-state index in [1.165, 1.54) is 0 Å². The molecule has 1 aromatic heterocycles. The molecule has 0 amide bonds. The van der Waals surface area contributed by atoms with E-state index in [9.17, 15) is 0 Å². The van der Waals surface area contributed by atoms with Crippen molar-refractivity contribution in [1.29, 1.82) is 0 Å². The summed E-state index contributed by atoms with van der Waals surface area (Å²) in [6.07, 6.45) is 8.32. The highest BCUT2D eigenvalue weighted by atomic mass is 16.5. The van der Waals surface area contributed by atoms with E-state index >= 15 is 0 Å². The van der Waals surface area contributed by atoms with E-state index < -0.39 is 0 Å². The number of hydrogen-bond donors (Lipinski definition) is 0. The van der Waals surface area contributed by atoms with E-state index in [0.717, 1.165) is 12.0 Å². The first kappa shape index (κ1) is 12.5. The Bertz CT molecular complexity index is 366. The molecule has 2 heteroatoms. The van der Waals surface area contributed by atoms with Crippen molar-refractivity contribution in [2.24, 2.45) is 0 Å². The van der Waals surface area contributed by atoms with Crippen molar-refractivity contribution >= 4 is 6.08 Å². The van der Waals surface area contributed by atoms with Gasteiger partial charge in [-0.1, -0.05) is 19.6 Å². The van der Waals surface area contributed by atoms with Crippen molar-refractivity contribution < 1.29 is 4.74 Å². The molecule has 16 heavy (non-hydrogen) atoms. The van der Waals surface area contributed by atoms with Crippen LogP contribution in [0.5, 0.6) is 0 Å². The maximum Gasteiger partial charge on any atom is 0.112 e. The van der Waals surface area contributed by atoms with Crippen LogP contribution < -0.4 is 0 Å². The van der Waals surface area contributed by atoms with Gasteiger partial charge in [0.2, 0.25) is 0 Å². The third kappa shape index (κ3) is 4.30. The third-order valence-electron chi connectivity index (χ3n) is 2.40. The fourth-order valence-electron chi connectivity index (χ4n) is 1.12. The van der Waals surface area contributed by atoms with E-state index in [4.69, 9.17) is 4.74 Å². The number of allylic oxidation sites excluding steroid dienone is 1. The Morgan fingerprint density at radius 1 is 1.56 bits per heavy atom. The van der Waals surface area contributed by atoms with Gasteiger partial charge in [0, 0.05) is 12.4 Å². The number of aromatic nitrogens is 1. The second-order valence-corrected chi connectivity index (χ2v) is 4.30. The van der Waals surface area contributed by atoms with Crippen LogP contribution in [0.1, 0.15) is 32.8 Å². The molecule has 1 heterocycles.